The molecule has 1 aromatic rings. The molecule has 2 amide bonds. The molecule has 0 radical (unpaired) electrons. The van der Waals surface area contributed by atoms with Crippen molar-refractivity contribution in [3.05, 3.63) is 34.9 Å². The molecular weight excluding hydrogens is 322 g/mol. The molecule has 0 saturated carbocycles. The molecule has 7 heteroatoms. The van der Waals surface area contributed by atoms with E-state index in [-0.39, 0.29) is 18.4 Å². The predicted molar refractivity (Wildman–Crippen MR) is 89.8 cm³/mol. The number of primary amides is 1. The van der Waals surface area contributed by atoms with Crippen LogP contribution in [0.5, 0.6) is 0 Å². The van der Waals surface area contributed by atoms with Gasteiger partial charge in [0.1, 0.15) is 0 Å². The third-order valence-electron chi connectivity index (χ3n) is 3.49. The van der Waals surface area contributed by atoms with Gasteiger partial charge in [0.05, 0.1) is 12.3 Å². The maximum Gasteiger partial charge on any atom is 0.232 e. The third kappa shape index (κ3) is 5.51. The first-order valence-electron chi connectivity index (χ1n) is 7.15. The van der Waals surface area contributed by atoms with Gasteiger partial charge in [0.25, 0.3) is 0 Å². The molecule has 1 aliphatic heterocycles. The third-order valence-corrected chi connectivity index (χ3v) is 4.71. The number of nitrogens with zero attached hydrogens (tertiary/aromatic N) is 2. The Labute approximate surface area is 139 Å². The number of carbonyl (C=O) groups excluding carboxylic acids is 2. The fraction of sp³-hybridized carbons (Fsp3) is 0.467. The minimum atomic E-state index is -0.322. The van der Waals surface area contributed by atoms with E-state index < -0.39 is 0 Å². The Bertz CT molecular complexity index is 533. The Hall–Kier alpha value is -1.24. The van der Waals surface area contributed by atoms with Gasteiger partial charge in [-0.05, 0) is 17.7 Å². The van der Waals surface area contributed by atoms with E-state index in [0.717, 1.165) is 16.3 Å². The van der Waals surface area contributed by atoms with Gasteiger partial charge in [-0.3, -0.25) is 14.5 Å². The van der Waals surface area contributed by atoms with Crippen LogP contribution in [0.4, 0.5) is 0 Å². The van der Waals surface area contributed by atoms with Gasteiger partial charge in [-0.1, -0.05) is 23.7 Å². The van der Waals surface area contributed by atoms with Crippen LogP contribution in [0.15, 0.2) is 24.3 Å². The van der Waals surface area contributed by atoms with E-state index in [0.29, 0.717) is 31.9 Å². The molecule has 0 atom stereocenters. The van der Waals surface area contributed by atoms with Gasteiger partial charge in [0, 0.05) is 37.0 Å². The molecule has 1 heterocycles. The maximum absolute atomic E-state index is 12.2. The molecule has 1 aliphatic rings. The Morgan fingerprint density at radius 1 is 1.23 bits per heavy atom. The Morgan fingerprint density at radius 2 is 1.95 bits per heavy atom. The van der Waals surface area contributed by atoms with Gasteiger partial charge >= 0.3 is 0 Å². The molecule has 2 rings (SSSR count). The first kappa shape index (κ1) is 17.1. The van der Waals surface area contributed by atoms with Crippen LogP contribution in [0.3, 0.4) is 0 Å². The van der Waals surface area contributed by atoms with E-state index >= 15 is 0 Å². The lowest BCUT2D eigenvalue weighted by atomic mass is 10.2. The van der Waals surface area contributed by atoms with Crippen LogP contribution in [0.25, 0.3) is 0 Å². The normalized spacial score (nSPS) is 15.8. The zero-order valence-corrected chi connectivity index (χ0v) is 13.9. The fourth-order valence-electron chi connectivity index (χ4n) is 2.35. The van der Waals surface area contributed by atoms with Crippen LogP contribution >= 0.6 is 23.4 Å². The van der Waals surface area contributed by atoms with Crippen molar-refractivity contribution in [2.75, 3.05) is 38.5 Å². The van der Waals surface area contributed by atoms with Gasteiger partial charge in [-0.2, -0.15) is 0 Å². The van der Waals surface area contributed by atoms with Crippen LogP contribution in [-0.4, -0.2) is 60.1 Å². The van der Waals surface area contributed by atoms with Crippen molar-refractivity contribution < 1.29 is 9.59 Å². The van der Waals surface area contributed by atoms with Crippen LogP contribution < -0.4 is 5.73 Å². The second-order valence-electron chi connectivity index (χ2n) is 5.25. The topological polar surface area (TPSA) is 66.6 Å². The van der Waals surface area contributed by atoms with Crippen molar-refractivity contribution in [2.45, 2.75) is 5.75 Å². The van der Waals surface area contributed by atoms with Crippen LogP contribution in [-0.2, 0) is 15.3 Å². The molecule has 0 unspecified atom stereocenters. The summed E-state index contributed by atoms with van der Waals surface area (Å²) in [4.78, 5) is 26.9. The first-order chi connectivity index (χ1) is 10.5. The Morgan fingerprint density at radius 3 is 2.59 bits per heavy atom. The van der Waals surface area contributed by atoms with Gasteiger partial charge < -0.3 is 10.6 Å². The number of carbonyl (C=O) groups is 2. The summed E-state index contributed by atoms with van der Waals surface area (Å²) >= 11 is 7.53. The molecule has 2 N–H and O–H groups in total. The van der Waals surface area contributed by atoms with Gasteiger partial charge in [-0.25, -0.2) is 0 Å². The summed E-state index contributed by atoms with van der Waals surface area (Å²) in [5, 5.41) is 0.718. The Kier molecular flexibility index (Phi) is 6.54. The summed E-state index contributed by atoms with van der Waals surface area (Å²) in [5.41, 5.74) is 6.30. The molecule has 0 aromatic heterocycles. The quantitative estimate of drug-likeness (QED) is 0.844. The van der Waals surface area contributed by atoms with Crippen molar-refractivity contribution in [3.8, 4) is 0 Å². The average Bonchev–Trinajstić information content (AvgIpc) is 2.47. The van der Waals surface area contributed by atoms with Crippen LogP contribution in [0, 0.1) is 0 Å². The number of thioether (sulfide) groups is 1. The molecule has 0 bridgehead atoms. The summed E-state index contributed by atoms with van der Waals surface area (Å²) in [6.07, 6.45) is 0. The highest BCUT2D eigenvalue weighted by molar-refractivity contribution is 7.99. The summed E-state index contributed by atoms with van der Waals surface area (Å²) in [5.74, 6) is 1.05. The molecule has 1 saturated heterocycles. The highest BCUT2D eigenvalue weighted by atomic mass is 35.5. The lowest BCUT2D eigenvalue weighted by Gasteiger charge is -2.34. The number of hydrogen-bond donors (Lipinski definition) is 1. The number of amides is 2. The molecule has 1 aromatic carbocycles. The number of rotatable bonds is 6. The van der Waals surface area contributed by atoms with Crippen molar-refractivity contribution in [1.29, 1.82) is 0 Å². The summed E-state index contributed by atoms with van der Waals surface area (Å²) in [6, 6.07) is 7.68. The average molecular weight is 342 g/mol. The number of piperazine rings is 1. The maximum atomic E-state index is 12.2. The number of halogens is 1. The van der Waals surface area contributed by atoms with Crippen molar-refractivity contribution in [2.24, 2.45) is 5.73 Å². The molecule has 1 fully saturated rings. The SMILES string of the molecule is NC(=O)CN1CCN(C(=O)CSCc2cccc(Cl)c2)CC1. The number of nitrogens with two attached hydrogens (primary N) is 1. The second-order valence-corrected chi connectivity index (χ2v) is 6.67. The van der Waals surface area contributed by atoms with Crippen molar-refractivity contribution in [3.63, 3.8) is 0 Å². The molecule has 0 spiro atoms. The fourth-order valence-corrected chi connectivity index (χ4v) is 3.44. The van der Waals surface area contributed by atoms with E-state index in [9.17, 15) is 9.59 Å². The minimum Gasteiger partial charge on any atom is -0.369 e. The first-order valence-corrected chi connectivity index (χ1v) is 8.68. The summed E-state index contributed by atoms with van der Waals surface area (Å²) in [6.45, 7) is 2.99. The summed E-state index contributed by atoms with van der Waals surface area (Å²) in [7, 11) is 0. The van der Waals surface area contributed by atoms with E-state index in [1.165, 1.54) is 0 Å². The number of hydrogen-bond acceptors (Lipinski definition) is 4. The van der Waals surface area contributed by atoms with Gasteiger partial charge in [0.2, 0.25) is 11.8 Å². The molecule has 5 nitrogen and oxygen atoms in total. The zero-order chi connectivity index (χ0) is 15.9. The van der Waals surface area contributed by atoms with E-state index in [1.54, 1.807) is 11.8 Å². The second kappa shape index (κ2) is 8.41. The molecule has 0 aliphatic carbocycles. The van der Waals surface area contributed by atoms with Crippen LogP contribution in [0.1, 0.15) is 5.56 Å². The van der Waals surface area contributed by atoms with Crippen molar-refractivity contribution >= 4 is 35.2 Å². The number of benzene rings is 1. The lowest BCUT2D eigenvalue weighted by molar-refractivity contribution is -0.130. The molecular formula is C15H20ClN3O2S. The van der Waals surface area contributed by atoms with E-state index in [2.05, 4.69) is 0 Å². The minimum absolute atomic E-state index is 0.144. The van der Waals surface area contributed by atoms with E-state index in [4.69, 9.17) is 17.3 Å². The van der Waals surface area contributed by atoms with Crippen molar-refractivity contribution in [1.82, 2.24) is 9.80 Å². The standard InChI is InChI=1S/C15H20ClN3O2S/c16-13-3-1-2-12(8-13)10-22-11-15(21)19-6-4-18(5-7-19)9-14(17)20/h1-3,8H,4-7,9-11H2,(H2,17,20). The summed E-state index contributed by atoms with van der Waals surface area (Å²) < 4.78 is 0. The largest absolute Gasteiger partial charge is 0.369 e. The van der Waals surface area contributed by atoms with Crippen LogP contribution in [0.2, 0.25) is 5.02 Å². The highest BCUT2D eigenvalue weighted by Gasteiger charge is 2.21. The van der Waals surface area contributed by atoms with Gasteiger partial charge in [0.15, 0.2) is 0 Å². The van der Waals surface area contributed by atoms with E-state index in [1.807, 2.05) is 34.1 Å². The lowest BCUT2D eigenvalue weighted by Crippen LogP contribution is -2.51. The highest BCUT2D eigenvalue weighted by Crippen LogP contribution is 2.17. The molecule has 22 heavy (non-hydrogen) atoms. The predicted octanol–water partition coefficient (Wildman–Crippen LogP) is 1.20. The van der Waals surface area contributed by atoms with Gasteiger partial charge in [-0.15, -0.1) is 11.8 Å². The zero-order valence-electron chi connectivity index (χ0n) is 12.3. The molecule has 120 valence electrons. The monoisotopic (exact) mass is 341 g/mol. The smallest absolute Gasteiger partial charge is 0.232 e. The Balaban J connectivity index is 1.69.